The van der Waals surface area contributed by atoms with Crippen LogP contribution in [0, 0.1) is 11.8 Å². The second kappa shape index (κ2) is 7.95. The number of aromatic nitrogens is 3. The first-order chi connectivity index (χ1) is 15.2. The predicted octanol–water partition coefficient (Wildman–Crippen LogP) is 3.64. The number of rotatable bonds is 5. The Balaban J connectivity index is 1.39. The zero-order valence-electron chi connectivity index (χ0n) is 17.2. The maximum atomic E-state index is 13.2. The number of hydrogen-bond acceptors (Lipinski definition) is 5. The fourth-order valence-corrected chi connectivity index (χ4v) is 5.45. The molecule has 2 unspecified atom stereocenters. The summed E-state index contributed by atoms with van der Waals surface area (Å²) in [6.07, 6.45) is -4.09. The number of hydrogen-bond donors (Lipinski definition) is 1. The summed E-state index contributed by atoms with van der Waals surface area (Å²) >= 11 is 0. The van der Waals surface area contributed by atoms with E-state index in [1.54, 1.807) is 6.07 Å². The van der Waals surface area contributed by atoms with Crippen molar-refractivity contribution in [3.05, 3.63) is 29.6 Å². The zero-order valence-corrected chi connectivity index (χ0v) is 17.2. The van der Waals surface area contributed by atoms with Gasteiger partial charge in [0.1, 0.15) is 12.4 Å². The van der Waals surface area contributed by atoms with E-state index in [2.05, 4.69) is 15.0 Å². The standard InChI is InChI=1S/C21H24F5N5O/c22-18(23)10-31-17(19-13-6-12(7-14(13)19)30-1-3-32-4-2-30)8-16(29-31)11-5-15(21(24,25)26)20(27)28-9-11/h5,8-9,12-14,18-19H,1-4,6-7,10H2,(H2,27,28)/t12?,13-,14+,19?. The predicted molar refractivity (Wildman–Crippen MR) is 106 cm³/mol. The Morgan fingerprint density at radius 3 is 2.44 bits per heavy atom. The minimum Gasteiger partial charge on any atom is -0.383 e. The number of alkyl halides is 5. The Morgan fingerprint density at radius 1 is 1.12 bits per heavy atom. The Kier molecular flexibility index (Phi) is 5.36. The van der Waals surface area contributed by atoms with Gasteiger partial charge in [0, 0.05) is 42.5 Å². The van der Waals surface area contributed by atoms with Gasteiger partial charge in [-0.3, -0.25) is 9.58 Å². The average molecular weight is 457 g/mol. The molecule has 2 N–H and O–H groups in total. The highest BCUT2D eigenvalue weighted by Crippen LogP contribution is 2.64. The molecule has 0 spiro atoms. The van der Waals surface area contributed by atoms with Crippen molar-refractivity contribution in [2.24, 2.45) is 11.8 Å². The first kappa shape index (κ1) is 21.6. The molecule has 32 heavy (non-hydrogen) atoms. The Labute approximate surface area is 181 Å². The van der Waals surface area contributed by atoms with E-state index >= 15 is 0 Å². The lowest BCUT2D eigenvalue weighted by Crippen LogP contribution is -2.43. The van der Waals surface area contributed by atoms with E-state index in [0.717, 1.165) is 45.2 Å². The molecular weight excluding hydrogens is 433 g/mol. The van der Waals surface area contributed by atoms with E-state index in [0.29, 0.717) is 23.6 Å². The van der Waals surface area contributed by atoms with Crippen LogP contribution in [0.3, 0.4) is 0 Å². The molecule has 0 radical (unpaired) electrons. The quantitative estimate of drug-likeness (QED) is 0.695. The fourth-order valence-electron chi connectivity index (χ4n) is 5.45. The van der Waals surface area contributed by atoms with Gasteiger partial charge < -0.3 is 10.5 Å². The molecule has 3 fully saturated rings. The third-order valence-corrected chi connectivity index (χ3v) is 6.97. The van der Waals surface area contributed by atoms with E-state index in [1.165, 1.54) is 10.9 Å². The van der Waals surface area contributed by atoms with E-state index in [4.69, 9.17) is 10.5 Å². The van der Waals surface area contributed by atoms with Crippen LogP contribution in [0.25, 0.3) is 11.3 Å². The van der Waals surface area contributed by atoms with E-state index in [9.17, 15) is 22.0 Å². The van der Waals surface area contributed by atoms with Gasteiger partial charge in [-0.15, -0.1) is 0 Å². The van der Waals surface area contributed by atoms with Crippen LogP contribution < -0.4 is 5.73 Å². The van der Waals surface area contributed by atoms with Crippen molar-refractivity contribution in [2.45, 2.75) is 43.9 Å². The second-order valence-electron chi connectivity index (χ2n) is 8.81. The molecule has 174 valence electrons. The molecule has 6 nitrogen and oxygen atoms in total. The molecule has 2 aromatic rings. The summed E-state index contributed by atoms with van der Waals surface area (Å²) in [5, 5.41) is 4.23. The number of morpholine rings is 1. The SMILES string of the molecule is Nc1ncc(-c2cc(C3[C@H]4CC(N5CCOCC5)C[C@@H]34)n(CC(F)F)n2)cc1C(F)(F)F. The number of nitrogens with two attached hydrogens (primary N) is 1. The van der Waals surface area contributed by atoms with Crippen molar-refractivity contribution in [3.8, 4) is 11.3 Å². The highest BCUT2D eigenvalue weighted by Gasteiger charge is 2.58. The Hall–Kier alpha value is -2.27. The first-order valence-electron chi connectivity index (χ1n) is 10.7. The summed E-state index contributed by atoms with van der Waals surface area (Å²) in [5.41, 5.74) is 5.30. The molecule has 0 amide bonds. The van der Waals surface area contributed by atoms with Crippen molar-refractivity contribution >= 4 is 5.82 Å². The maximum absolute atomic E-state index is 13.2. The number of nitrogens with zero attached hydrogens (tertiary/aromatic N) is 4. The third-order valence-electron chi connectivity index (χ3n) is 6.97. The van der Waals surface area contributed by atoms with Gasteiger partial charge in [-0.2, -0.15) is 18.3 Å². The lowest BCUT2D eigenvalue weighted by atomic mass is 10.0. The van der Waals surface area contributed by atoms with Crippen molar-refractivity contribution in [1.82, 2.24) is 19.7 Å². The van der Waals surface area contributed by atoms with Gasteiger partial charge in [0.25, 0.3) is 6.43 Å². The van der Waals surface area contributed by atoms with Gasteiger partial charge >= 0.3 is 6.18 Å². The van der Waals surface area contributed by atoms with Crippen molar-refractivity contribution in [1.29, 1.82) is 0 Å². The van der Waals surface area contributed by atoms with Crippen molar-refractivity contribution in [2.75, 3.05) is 32.0 Å². The lowest BCUT2D eigenvalue weighted by Gasteiger charge is -2.33. The topological polar surface area (TPSA) is 69.2 Å². The molecule has 1 saturated heterocycles. The average Bonchev–Trinajstić information content (AvgIpc) is 3.07. The van der Waals surface area contributed by atoms with Gasteiger partial charge in [0.2, 0.25) is 0 Å². The number of ether oxygens (including phenoxy) is 1. The number of fused-ring (bicyclic) bond motifs is 1. The van der Waals surface area contributed by atoms with Crippen LogP contribution in [-0.2, 0) is 17.5 Å². The minimum atomic E-state index is -4.66. The van der Waals surface area contributed by atoms with E-state index in [-0.39, 0.29) is 17.2 Å². The van der Waals surface area contributed by atoms with Crippen LogP contribution in [-0.4, -0.2) is 58.4 Å². The first-order valence-corrected chi connectivity index (χ1v) is 10.7. The summed E-state index contributed by atoms with van der Waals surface area (Å²) in [4.78, 5) is 6.08. The minimum absolute atomic E-state index is 0.108. The smallest absolute Gasteiger partial charge is 0.383 e. The molecule has 0 bridgehead atoms. The summed E-state index contributed by atoms with van der Waals surface area (Å²) in [6, 6.07) is 3.00. The molecule has 3 heterocycles. The van der Waals surface area contributed by atoms with Gasteiger partial charge in [-0.05, 0) is 36.8 Å². The summed E-state index contributed by atoms with van der Waals surface area (Å²) in [6.45, 7) is 2.69. The van der Waals surface area contributed by atoms with E-state index < -0.39 is 30.5 Å². The molecule has 0 aromatic carbocycles. The van der Waals surface area contributed by atoms with Gasteiger partial charge in [-0.1, -0.05) is 0 Å². The summed E-state index contributed by atoms with van der Waals surface area (Å²) in [7, 11) is 0. The highest BCUT2D eigenvalue weighted by atomic mass is 19.4. The van der Waals surface area contributed by atoms with Crippen LogP contribution in [0.1, 0.15) is 30.0 Å². The third kappa shape index (κ3) is 3.96. The zero-order chi connectivity index (χ0) is 22.6. The Bertz CT molecular complexity index is 975. The molecule has 1 aliphatic heterocycles. The van der Waals surface area contributed by atoms with E-state index in [1.807, 2.05) is 0 Å². The summed E-state index contributed by atoms with van der Waals surface area (Å²) in [5.74, 6) is 0.258. The van der Waals surface area contributed by atoms with Gasteiger partial charge in [0.15, 0.2) is 0 Å². The van der Waals surface area contributed by atoms with Crippen molar-refractivity contribution < 1.29 is 26.7 Å². The van der Waals surface area contributed by atoms with Crippen LogP contribution in [0.5, 0.6) is 0 Å². The fraction of sp³-hybridized carbons (Fsp3) is 0.619. The molecule has 11 heteroatoms. The normalized spacial score (nSPS) is 28.3. The lowest BCUT2D eigenvalue weighted by molar-refractivity contribution is -0.137. The van der Waals surface area contributed by atoms with Crippen LogP contribution in [0.15, 0.2) is 18.3 Å². The number of halogens is 5. The van der Waals surface area contributed by atoms with Gasteiger partial charge in [-0.25, -0.2) is 13.8 Å². The molecule has 2 saturated carbocycles. The molecule has 4 atom stereocenters. The number of pyridine rings is 1. The second-order valence-corrected chi connectivity index (χ2v) is 8.81. The van der Waals surface area contributed by atoms with Crippen LogP contribution in [0.2, 0.25) is 0 Å². The van der Waals surface area contributed by atoms with Crippen LogP contribution >= 0.6 is 0 Å². The highest BCUT2D eigenvalue weighted by molar-refractivity contribution is 5.63. The van der Waals surface area contributed by atoms with Crippen LogP contribution in [0.4, 0.5) is 27.8 Å². The molecular formula is C21H24F5N5O. The maximum Gasteiger partial charge on any atom is 0.419 e. The summed E-state index contributed by atoms with van der Waals surface area (Å²) < 4.78 is 72.8. The number of nitrogen functional groups attached to an aromatic ring is 1. The number of anilines is 1. The molecule has 2 aliphatic carbocycles. The molecule has 2 aromatic heterocycles. The largest absolute Gasteiger partial charge is 0.419 e. The van der Waals surface area contributed by atoms with Gasteiger partial charge in [0.05, 0.1) is 24.5 Å². The molecule has 3 aliphatic rings. The van der Waals surface area contributed by atoms with Crippen molar-refractivity contribution in [3.63, 3.8) is 0 Å². The molecule has 5 rings (SSSR count). The Morgan fingerprint density at radius 2 is 1.81 bits per heavy atom. The monoisotopic (exact) mass is 457 g/mol.